The smallest absolute Gasteiger partial charge is 0.252 e. The SMILES string of the molecule is Cc1c(-c2ccnc(NCc3ccc4c(c3)OCCO4)n2)cnc2nc(-c3ccccc3)nn12. The van der Waals surface area contributed by atoms with Gasteiger partial charge in [0.1, 0.15) is 13.2 Å². The molecule has 0 atom stereocenters. The second-order valence-electron chi connectivity index (χ2n) is 7.87. The Morgan fingerprint density at radius 2 is 1.79 bits per heavy atom. The molecule has 1 aliphatic rings. The van der Waals surface area contributed by atoms with Gasteiger partial charge in [0.15, 0.2) is 17.3 Å². The fraction of sp³-hybridized carbons (Fsp3) is 0.160. The number of ether oxygens (including phenoxy) is 2. The first-order chi connectivity index (χ1) is 16.7. The molecular formula is C25H21N7O2. The molecule has 0 fully saturated rings. The Hall–Kier alpha value is -4.53. The molecule has 1 aliphatic heterocycles. The fourth-order valence-electron chi connectivity index (χ4n) is 3.88. The van der Waals surface area contributed by atoms with Gasteiger partial charge in [-0.05, 0) is 30.7 Å². The van der Waals surface area contributed by atoms with Crippen LogP contribution in [0.1, 0.15) is 11.3 Å². The molecule has 5 aromatic rings. The Balaban J connectivity index is 1.26. The molecule has 1 N–H and O–H groups in total. The van der Waals surface area contributed by atoms with Gasteiger partial charge in [0.25, 0.3) is 5.78 Å². The highest BCUT2D eigenvalue weighted by molar-refractivity contribution is 5.64. The van der Waals surface area contributed by atoms with Crippen LogP contribution >= 0.6 is 0 Å². The van der Waals surface area contributed by atoms with Gasteiger partial charge in [-0.15, -0.1) is 5.10 Å². The number of fused-ring (bicyclic) bond motifs is 2. The van der Waals surface area contributed by atoms with Crippen LogP contribution < -0.4 is 14.8 Å². The molecule has 3 aromatic heterocycles. The van der Waals surface area contributed by atoms with E-state index in [0.29, 0.717) is 37.3 Å². The van der Waals surface area contributed by atoms with Crippen LogP contribution in [0.2, 0.25) is 0 Å². The molecule has 0 aliphatic carbocycles. The van der Waals surface area contributed by atoms with Gasteiger partial charge in [-0.2, -0.15) is 4.98 Å². The molecule has 0 saturated carbocycles. The van der Waals surface area contributed by atoms with E-state index in [2.05, 4.69) is 25.4 Å². The zero-order chi connectivity index (χ0) is 22.9. The third-order valence-corrected chi connectivity index (χ3v) is 5.63. The number of hydrogen-bond donors (Lipinski definition) is 1. The van der Waals surface area contributed by atoms with E-state index in [1.165, 1.54) is 0 Å². The summed E-state index contributed by atoms with van der Waals surface area (Å²) in [7, 11) is 0. The highest BCUT2D eigenvalue weighted by atomic mass is 16.6. The minimum absolute atomic E-state index is 0.524. The lowest BCUT2D eigenvalue weighted by molar-refractivity contribution is 0.171. The molecule has 34 heavy (non-hydrogen) atoms. The van der Waals surface area contributed by atoms with E-state index in [4.69, 9.17) is 14.5 Å². The molecule has 6 rings (SSSR count). The van der Waals surface area contributed by atoms with Crippen LogP contribution in [0.3, 0.4) is 0 Å². The summed E-state index contributed by atoms with van der Waals surface area (Å²) in [5.74, 6) is 3.24. The van der Waals surface area contributed by atoms with Gasteiger partial charge in [0, 0.05) is 30.1 Å². The molecule has 9 heteroatoms. The number of hydrogen-bond acceptors (Lipinski definition) is 8. The number of aromatic nitrogens is 6. The Bertz CT molecular complexity index is 1480. The minimum Gasteiger partial charge on any atom is -0.486 e. The molecule has 168 valence electrons. The van der Waals surface area contributed by atoms with Gasteiger partial charge < -0.3 is 14.8 Å². The predicted molar refractivity (Wildman–Crippen MR) is 127 cm³/mol. The first-order valence-electron chi connectivity index (χ1n) is 11.0. The quantitative estimate of drug-likeness (QED) is 0.429. The lowest BCUT2D eigenvalue weighted by atomic mass is 10.2. The second kappa shape index (κ2) is 8.43. The normalized spacial score (nSPS) is 12.6. The predicted octanol–water partition coefficient (Wildman–Crippen LogP) is 3.94. The summed E-state index contributed by atoms with van der Waals surface area (Å²) in [4.78, 5) is 18.1. The van der Waals surface area contributed by atoms with Crippen molar-refractivity contribution in [3.8, 4) is 34.1 Å². The maximum atomic E-state index is 5.67. The second-order valence-corrected chi connectivity index (χ2v) is 7.87. The summed E-state index contributed by atoms with van der Waals surface area (Å²) in [6.45, 7) is 3.68. The lowest BCUT2D eigenvalue weighted by Crippen LogP contribution is -2.15. The van der Waals surface area contributed by atoms with Crippen molar-refractivity contribution in [3.05, 3.63) is 78.2 Å². The number of benzene rings is 2. The summed E-state index contributed by atoms with van der Waals surface area (Å²) in [6, 6.07) is 17.6. The molecule has 9 nitrogen and oxygen atoms in total. The lowest BCUT2D eigenvalue weighted by Gasteiger charge is -2.19. The van der Waals surface area contributed by atoms with Gasteiger partial charge in [-0.3, -0.25) is 0 Å². The molecule has 2 aromatic carbocycles. The van der Waals surface area contributed by atoms with E-state index in [9.17, 15) is 0 Å². The van der Waals surface area contributed by atoms with Crippen molar-refractivity contribution >= 4 is 11.7 Å². The van der Waals surface area contributed by atoms with E-state index in [-0.39, 0.29) is 0 Å². The summed E-state index contributed by atoms with van der Waals surface area (Å²) in [6.07, 6.45) is 3.51. The zero-order valence-electron chi connectivity index (χ0n) is 18.5. The van der Waals surface area contributed by atoms with Crippen molar-refractivity contribution in [1.82, 2.24) is 29.5 Å². The molecule has 0 amide bonds. The van der Waals surface area contributed by atoms with Crippen LogP contribution in [0.4, 0.5) is 5.95 Å². The Kier molecular flexibility index (Phi) is 4.99. The van der Waals surface area contributed by atoms with Crippen LogP contribution in [0.25, 0.3) is 28.4 Å². The van der Waals surface area contributed by atoms with Gasteiger partial charge in [-0.25, -0.2) is 19.5 Å². The van der Waals surface area contributed by atoms with Crippen molar-refractivity contribution < 1.29 is 9.47 Å². The average molecular weight is 451 g/mol. The number of nitrogens with one attached hydrogen (secondary N) is 1. The van der Waals surface area contributed by atoms with Crippen LogP contribution in [0.5, 0.6) is 11.5 Å². The first kappa shape index (κ1) is 20.1. The van der Waals surface area contributed by atoms with Crippen molar-refractivity contribution in [2.75, 3.05) is 18.5 Å². The summed E-state index contributed by atoms with van der Waals surface area (Å²) >= 11 is 0. The number of aryl methyl sites for hydroxylation is 1. The van der Waals surface area contributed by atoms with Crippen LogP contribution in [0.15, 0.2) is 67.0 Å². The van der Waals surface area contributed by atoms with E-state index in [1.54, 1.807) is 16.9 Å². The molecule has 0 radical (unpaired) electrons. The summed E-state index contributed by atoms with van der Waals surface area (Å²) in [5, 5.41) is 7.95. The number of rotatable bonds is 5. The Morgan fingerprint density at radius 3 is 2.68 bits per heavy atom. The molecule has 0 spiro atoms. The molecular weight excluding hydrogens is 430 g/mol. The van der Waals surface area contributed by atoms with Gasteiger partial charge in [-0.1, -0.05) is 36.4 Å². The third kappa shape index (κ3) is 3.77. The van der Waals surface area contributed by atoms with E-state index in [1.807, 2.05) is 61.5 Å². The summed E-state index contributed by atoms with van der Waals surface area (Å²) in [5.41, 5.74) is 4.51. The number of nitrogens with zero attached hydrogens (tertiary/aromatic N) is 6. The average Bonchev–Trinajstić information content (AvgIpc) is 3.34. The Labute approximate surface area is 195 Å². The molecule has 0 unspecified atom stereocenters. The molecule has 4 heterocycles. The van der Waals surface area contributed by atoms with Crippen LogP contribution in [-0.2, 0) is 6.54 Å². The highest BCUT2D eigenvalue weighted by Crippen LogP contribution is 2.31. The standard InChI is InChI=1S/C25H21N7O2/c1-16-19(15-28-25-30-23(31-32(16)25)18-5-3-2-4-6-18)20-9-10-26-24(29-20)27-14-17-7-8-21-22(13-17)34-12-11-33-21/h2-10,13,15H,11-12,14H2,1H3,(H,26,27,29). The van der Waals surface area contributed by atoms with Crippen molar-refractivity contribution in [2.24, 2.45) is 0 Å². The van der Waals surface area contributed by atoms with Crippen LogP contribution in [-0.4, -0.2) is 42.8 Å². The first-order valence-corrected chi connectivity index (χ1v) is 11.0. The minimum atomic E-state index is 0.524. The summed E-state index contributed by atoms with van der Waals surface area (Å²) < 4.78 is 13.0. The maximum absolute atomic E-state index is 5.67. The molecule has 0 saturated heterocycles. The topological polar surface area (TPSA) is 99.4 Å². The third-order valence-electron chi connectivity index (χ3n) is 5.63. The van der Waals surface area contributed by atoms with Gasteiger partial charge >= 0.3 is 0 Å². The molecule has 0 bridgehead atoms. The monoisotopic (exact) mass is 451 g/mol. The van der Waals surface area contributed by atoms with E-state index >= 15 is 0 Å². The Morgan fingerprint density at radius 1 is 0.941 bits per heavy atom. The van der Waals surface area contributed by atoms with E-state index in [0.717, 1.165) is 39.6 Å². The van der Waals surface area contributed by atoms with E-state index < -0.39 is 0 Å². The van der Waals surface area contributed by atoms with Crippen LogP contribution in [0, 0.1) is 6.92 Å². The fourth-order valence-corrected chi connectivity index (χ4v) is 3.88. The van der Waals surface area contributed by atoms with Crippen molar-refractivity contribution in [1.29, 1.82) is 0 Å². The van der Waals surface area contributed by atoms with Gasteiger partial charge in [0.2, 0.25) is 5.95 Å². The number of anilines is 1. The van der Waals surface area contributed by atoms with Gasteiger partial charge in [0.05, 0.1) is 11.4 Å². The largest absolute Gasteiger partial charge is 0.486 e. The van der Waals surface area contributed by atoms with Crippen molar-refractivity contribution in [2.45, 2.75) is 13.5 Å². The maximum Gasteiger partial charge on any atom is 0.252 e. The van der Waals surface area contributed by atoms with Crippen molar-refractivity contribution in [3.63, 3.8) is 0 Å². The zero-order valence-corrected chi connectivity index (χ0v) is 18.5. The highest BCUT2D eigenvalue weighted by Gasteiger charge is 2.15.